The molecule has 156 valence electrons. The third-order valence-electron chi connectivity index (χ3n) is 4.61. The molecular formula is C24H24ClNO3S. The van der Waals surface area contributed by atoms with Crippen molar-refractivity contribution in [1.29, 1.82) is 0 Å². The topological polar surface area (TPSA) is 47.6 Å². The van der Waals surface area contributed by atoms with E-state index in [1.165, 1.54) is 0 Å². The van der Waals surface area contributed by atoms with Crippen molar-refractivity contribution in [2.75, 3.05) is 20.8 Å². The highest BCUT2D eigenvalue weighted by atomic mass is 35.5. The Morgan fingerprint density at radius 3 is 2.37 bits per heavy atom. The summed E-state index contributed by atoms with van der Waals surface area (Å²) in [5.41, 5.74) is 2.74. The first-order chi connectivity index (χ1) is 14.6. The van der Waals surface area contributed by atoms with Crippen LogP contribution in [0, 0.1) is 0 Å². The van der Waals surface area contributed by atoms with Crippen LogP contribution < -0.4 is 14.8 Å². The quantitative estimate of drug-likeness (QED) is 0.437. The lowest BCUT2D eigenvalue weighted by molar-refractivity contribution is 0.0954. The average Bonchev–Trinajstić information content (AvgIpc) is 2.79. The number of ether oxygens (including phenoxy) is 2. The summed E-state index contributed by atoms with van der Waals surface area (Å²) in [6, 6.07) is 21.1. The van der Waals surface area contributed by atoms with E-state index in [-0.39, 0.29) is 5.91 Å². The van der Waals surface area contributed by atoms with Crippen LogP contribution in [0.3, 0.4) is 0 Å². The minimum absolute atomic E-state index is 0.0936. The maximum atomic E-state index is 12.6. The number of amides is 1. The van der Waals surface area contributed by atoms with Crippen molar-refractivity contribution < 1.29 is 14.3 Å². The van der Waals surface area contributed by atoms with Gasteiger partial charge in [-0.1, -0.05) is 23.7 Å². The van der Waals surface area contributed by atoms with Crippen LogP contribution in [0.25, 0.3) is 0 Å². The molecule has 3 aromatic rings. The lowest BCUT2D eigenvalue weighted by Gasteiger charge is -2.11. The first-order valence-electron chi connectivity index (χ1n) is 9.55. The molecule has 0 heterocycles. The summed E-state index contributed by atoms with van der Waals surface area (Å²) in [7, 11) is 3.28. The molecule has 0 aliphatic carbocycles. The Labute approximate surface area is 186 Å². The van der Waals surface area contributed by atoms with Gasteiger partial charge in [-0.2, -0.15) is 0 Å². The lowest BCUT2D eigenvalue weighted by Crippen LogP contribution is -2.25. The number of methoxy groups -OCH3 is 2. The highest BCUT2D eigenvalue weighted by Crippen LogP contribution is 2.29. The second-order valence-electron chi connectivity index (χ2n) is 6.62. The van der Waals surface area contributed by atoms with Gasteiger partial charge in [-0.3, -0.25) is 4.79 Å². The summed E-state index contributed by atoms with van der Waals surface area (Å²) in [5, 5.41) is 3.70. The van der Waals surface area contributed by atoms with E-state index >= 15 is 0 Å². The first kappa shape index (κ1) is 22.1. The second-order valence-corrected chi connectivity index (χ2v) is 8.11. The zero-order valence-electron chi connectivity index (χ0n) is 17.0. The van der Waals surface area contributed by atoms with Gasteiger partial charge in [-0.25, -0.2) is 0 Å². The normalized spacial score (nSPS) is 10.5. The molecule has 3 aromatic carbocycles. The Morgan fingerprint density at radius 1 is 0.967 bits per heavy atom. The number of hydrogen-bond acceptors (Lipinski definition) is 4. The van der Waals surface area contributed by atoms with Gasteiger partial charge in [-0.05, 0) is 66.6 Å². The first-order valence-corrected chi connectivity index (χ1v) is 10.9. The molecule has 0 bridgehead atoms. The van der Waals surface area contributed by atoms with Crippen LogP contribution in [-0.4, -0.2) is 26.7 Å². The third-order valence-corrected chi connectivity index (χ3v) is 5.92. The largest absolute Gasteiger partial charge is 0.497 e. The fourth-order valence-electron chi connectivity index (χ4n) is 2.94. The van der Waals surface area contributed by atoms with Crippen molar-refractivity contribution in [2.45, 2.75) is 17.1 Å². The molecule has 3 rings (SSSR count). The Bertz CT molecular complexity index is 975. The maximum Gasteiger partial charge on any atom is 0.251 e. The number of carbonyl (C=O) groups excluding carboxylic acids is 1. The molecule has 0 saturated heterocycles. The zero-order chi connectivity index (χ0) is 21.3. The number of hydrogen-bond donors (Lipinski definition) is 1. The van der Waals surface area contributed by atoms with Crippen molar-refractivity contribution in [2.24, 2.45) is 0 Å². The minimum Gasteiger partial charge on any atom is -0.497 e. The SMILES string of the molecule is COc1ccc(CCNC(=O)c2ccc(OC)c(CSc3ccc(Cl)cc3)c2)cc1. The van der Waals surface area contributed by atoms with Crippen LogP contribution in [0.5, 0.6) is 11.5 Å². The van der Waals surface area contributed by atoms with Gasteiger partial charge in [0.1, 0.15) is 11.5 Å². The van der Waals surface area contributed by atoms with E-state index in [0.29, 0.717) is 22.9 Å². The molecule has 0 unspecified atom stereocenters. The Balaban J connectivity index is 1.59. The number of benzene rings is 3. The van der Waals surface area contributed by atoms with Crippen molar-refractivity contribution in [3.63, 3.8) is 0 Å². The molecule has 0 radical (unpaired) electrons. The van der Waals surface area contributed by atoms with Crippen LogP contribution in [0.4, 0.5) is 0 Å². The van der Waals surface area contributed by atoms with E-state index in [4.69, 9.17) is 21.1 Å². The van der Waals surface area contributed by atoms with Gasteiger partial charge in [-0.15, -0.1) is 11.8 Å². The fourth-order valence-corrected chi connectivity index (χ4v) is 3.94. The maximum absolute atomic E-state index is 12.6. The Morgan fingerprint density at radius 2 is 1.70 bits per heavy atom. The third kappa shape index (κ3) is 6.18. The number of thioether (sulfide) groups is 1. The van der Waals surface area contributed by atoms with E-state index in [9.17, 15) is 4.79 Å². The van der Waals surface area contributed by atoms with Crippen LogP contribution in [-0.2, 0) is 12.2 Å². The number of carbonyl (C=O) groups is 1. The van der Waals surface area contributed by atoms with Crippen molar-refractivity contribution >= 4 is 29.3 Å². The highest BCUT2D eigenvalue weighted by molar-refractivity contribution is 7.98. The molecule has 4 nitrogen and oxygen atoms in total. The fraction of sp³-hybridized carbons (Fsp3) is 0.208. The molecule has 0 atom stereocenters. The van der Waals surface area contributed by atoms with Crippen LogP contribution in [0.1, 0.15) is 21.5 Å². The smallest absolute Gasteiger partial charge is 0.251 e. The van der Waals surface area contributed by atoms with Gasteiger partial charge in [0, 0.05) is 33.3 Å². The van der Waals surface area contributed by atoms with Crippen molar-refractivity contribution in [3.8, 4) is 11.5 Å². The van der Waals surface area contributed by atoms with Crippen LogP contribution in [0.2, 0.25) is 5.02 Å². The van der Waals surface area contributed by atoms with Crippen LogP contribution in [0.15, 0.2) is 71.6 Å². The molecule has 0 spiro atoms. The Hall–Kier alpha value is -2.63. The summed E-state index contributed by atoms with van der Waals surface area (Å²) in [6.45, 7) is 0.562. The zero-order valence-corrected chi connectivity index (χ0v) is 18.6. The summed E-state index contributed by atoms with van der Waals surface area (Å²) < 4.78 is 10.6. The van der Waals surface area contributed by atoms with E-state index < -0.39 is 0 Å². The molecule has 30 heavy (non-hydrogen) atoms. The number of halogens is 1. The van der Waals surface area contributed by atoms with E-state index in [1.807, 2.05) is 60.7 Å². The van der Waals surface area contributed by atoms with Crippen LogP contribution >= 0.6 is 23.4 Å². The predicted molar refractivity (Wildman–Crippen MR) is 123 cm³/mol. The summed E-state index contributed by atoms with van der Waals surface area (Å²) in [6.07, 6.45) is 0.755. The van der Waals surface area contributed by atoms with Gasteiger partial charge >= 0.3 is 0 Å². The van der Waals surface area contributed by atoms with Gasteiger partial charge in [0.15, 0.2) is 0 Å². The number of rotatable bonds is 9. The summed E-state index contributed by atoms with van der Waals surface area (Å²) in [4.78, 5) is 13.7. The molecule has 0 saturated carbocycles. The van der Waals surface area contributed by atoms with Gasteiger partial charge < -0.3 is 14.8 Å². The monoisotopic (exact) mass is 441 g/mol. The van der Waals surface area contributed by atoms with E-state index in [0.717, 1.165) is 33.9 Å². The lowest BCUT2D eigenvalue weighted by atomic mass is 10.1. The van der Waals surface area contributed by atoms with Gasteiger partial charge in [0.05, 0.1) is 14.2 Å². The van der Waals surface area contributed by atoms with Gasteiger partial charge in [0.25, 0.3) is 5.91 Å². The summed E-state index contributed by atoms with van der Waals surface area (Å²) in [5.74, 6) is 2.19. The minimum atomic E-state index is -0.0936. The molecule has 0 aliphatic rings. The summed E-state index contributed by atoms with van der Waals surface area (Å²) >= 11 is 7.62. The number of nitrogens with one attached hydrogen (secondary N) is 1. The predicted octanol–water partition coefficient (Wildman–Crippen LogP) is 5.62. The van der Waals surface area contributed by atoms with E-state index in [2.05, 4.69) is 5.32 Å². The second kappa shape index (κ2) is 11.0. The Kier molecular flexibility index (Phi) is 8.05. The average molecular weight is 442 g/mol. The highest BCUT2D eigenvalue weighted by Gasteiger charge is 2.11. The molecule has 0 aromatic heterocycles. The standard InChI is InChI=1S/C24H24ClNO3S/c1-28-21-8-3-17(4-9-21)13-14-26-24(27)18-5-12-23(29-2)19(15-18)16-30-22-10-6-20(25)7-11-22/h3-12,15H,13-14,16H2,1-2H3,(H,26,27). The molecule has 6 heteroatoms. The molecule has 0 fully saturated rings. The van der Waals surface area contributed by atoms with E-state index in [1.54, 1.807) is 32.0 Å². The molecule has 1 N–H and O–H groups in total. The molecule has 1 amide bonds. The molecular weight excluding hydrogens is 418 g/mol. The van der Waals surface area contributed by atoms with Gasteiger partial charge in [0.2, 0.25) is 0 Å². The van der Waals surface area contributed by atoms with Crippen molar-refractivity contribution in [3.05, 3.63) is 88.4 Å². The molecule has 0 aliphatic heterocycles. The van der Waals surface area contributed by atoms with Crippen molar-refractivity contribution in [1.82, 2.24) is 5.32 Å².